The molecule has 1 N–H and O–H groups in total. The Kier molecular flexibility index (Phi) is 4.07. The van der Waals surface area contributed by atoms with E-state index in [1.54, 1.807) is 0 Å². The predicted molar refractivity (Wildman–Crippen MR) is 85.1 cm³/mol. The van der Waals surface area contributed by atoms with Gasteiger partial charge in [-0.2, -0.15) is 0 Å². The minimum atomic E-state index is 0.241. The average Bonchev–Trinajstić information content (AvgIpc) is 3.28. The van der Waals surface area contributed by atoms with Gasteiger partial charge in [0.2, 0.25) is 0 Å². The van der Waals surface area contributed by atoms with Crippen molar-refractivity contribution in [3.05, 3.63) is 34.9 Å². The zero-order chi connectivity index (χ0) is 14.2. The number of piperazine rings is 1. The lowest BCUT2D eigenvalue weighted by Gasteiger charge is -2.48. The number of hydrogen-bond donors (Lipinski definition) is 1. The molecule has 0 aromatic heterocycles. The summed E-state index contributed by atoms with van der Waals surface area (Å²) in [4.78, 5) is 2.65. The molecule has 1 saturated heterocycles. The van der Waals surface area contributed by atoms with Crippen LogP contribution in [0.5, 0.6) is 0 Å². The molecule has 1 heterocycles. The third-order valence-corrected chi connectivity index (χ3v) is 5.57. The summed E-state index contributed by atoms with van der Waals surface area (Å²) in [5, 5.41) is 4.67. The lowest BCUT2D eigenvalue weighted by atomic mass is 9.90. The third-order valence-electron chi connectivity index (χ3n) is 5.20. The van der Waals surface area contributed by atoms with E-state index in [0.717, 1.165) is 30.6 Å². The van der Waals surface area contributed by atoms with Crippen LogP contribution in [0.1, 0.15) is 38.7 Å². The van der Waals surface area contributed by atoms with Crippen LogP contribution in [0.15, 0.2) is 24.3 Å². The lowest BCUT2D eigenvalue weighted by Crippen LogP contribution is -2.63. The van der Waals surface area contributed by atoms with E-state index in [0.29, 0.717) is 6.04 Å². The van der Waals surface area contributed by atoms with Crippen LogP contribution in [-0.4, -0.2) is 29.6 Å². The summed E-state index contributed by atoms with van der Waals surface area (Å²) >= 11 is 6.35. The highest BCUT2D eigenvalue weighted by atomic mass is 35.5. The maximum atomic E-state index is 6.35. The van der Waals surface area contributed by atoms with Crippen LogP contribution in [-0.2, 0) is 6.54 Å². The number of benzene rings is 1. The Balaban J connectivity index is 1.77. The number of halogens is 1. The molecule has 3 heteroatoms. The molecule has 0 amide bonds. The van der Waals surface area contributed by atoms with E-state index in [1.165, 1.54) is 24.8 Å². The van der Waals surface area contributed by atoms with Crippen molar-refractivity contribution in [2.45, 2.75) is 51.2 Å². The van der Waals surface area contributed by atoms with Crippen molar-refractivity contribution in [3.63, 3.8) is 0 Å². The molecule has 2 aliphatic rings. The molecule has 2 nitrogen and oxygen atoms in total. The molecule has 1 aromatic rings. The molecule has 1 aliphatic heterocycles. The van der Waals surface area contributed by atoms with Crippen LogP contribution in [0.25, 0.3) is 0 Å². The largest absolute Gasteiger partial charge is 0.311 e. The highest BCUT2D eigenvalue weighted by molar-refractivity contribution is 6.31. The van der Waals surface area contributed by atoms with E-state index in [4.69, 9.17) is 11.6 Å². The van der Waals surface area contributed by atoms with Gasteiger partial charge in [-0.3, -0.25) is 4.90 Å². The Morgan fingerprint density at radius 1 is 1.35 bits per heavy atom. The molecule has 1 aromatic carbocycles. The summed E-state index contributed by atoms with van der Waals surface area (Å²) < 4.78 is 0. The lowest BCUT2D eigenvalue weighted by molar-refractivity contribution is 0.0369. The van der Waals surface area contributed by atoms with Crippen LogP contribution in [0.4, 0.5) is 0 Å². The molecule has 1 saturated carbocycles. The molecule has 110 valence electrons. The third kappa shape index (κ3) is 2.88. The molecule has 2 fully saturated rings. The van der Waals surface area contributed by atoms with Crippen molar-refractivity contribution in [2.75, 3.05) is 13.1 Å². The summed E-state index contributed by atoms with van der Waals surface area (Å²) in [6.45, 7) is 7.88. The zero-order valence-electron chi connectivity index (χ0n) is 12.5. The highest BCUT2D eigenvalue weighted by Crippen LogP contribution is 2.37. The van der Waals surface area contributed by atoms with Crippen molar-refractivity contribution < 1.29 is 0 Å². The van der Waals surface area contributed by atoms with Gasteiger partial charge >= 0.3 is 0 Å². The molecular weight excluding hydrogens is 268 g/mol. The fourth-order valence-corrected chi connectivity index (χ4v) is 3.43. The van der Waals surface area contributed by atoms with Crippen molar-refractivity contribution in [3.8, 4) is 0 Å². The minimum Gasteiger partial charge on any atom is -0.311 e. The van der Waals surface area contributed by atoms with E-state index in [2.05, 4.69) is 36.2 Å². The fraction of sp³-hybridized carbons (Fsp3) is 0.647. The van der Waals surface area contributed by atoms with Gasteiger partial charge in [0.05, 0.1) is 0 Å². The van der Waals surface area contributed by atoms with E-state index < -0.39 is 0 Å². The standard InChI is InChI=1S/C17H25ClN2/c1-3-17(2)12-19-16(13-8-9-13)11-20(17)10-14-6-4-5-7-15(14)18/h4-7,13,16,19H,3,8-12H2,1-2H3. The number of nitrogens with one attached hydrogen (secondary N) is 1. The van der Waals surface area contributed by atoms with Crippen LogP contribution < -0.4 is 5.32 Å². The van der Waals surface area contributed by atoms with Crippen LogP contribution in [0.2, 0.25) is 5.02 Å². The zero-order valence-corrected chi connectivity index (χ0v) is 13.3. The van der Waals surface area contributed by atoms with Crippen molar-refractivity contribution in [1.29, 1.82) is 0 Å². The van der Waals surface area contributed by atoms with E-state index in [-0.39, 0.29) is 5.54 Å². The maximum Gasteiger partial charge on any atom is 0.0451 e. The van der Waals surface area contributed by atoms with Crippen LogP contribution in [0, 0.1) is 5.92 Å². The second-order valence-electron chi connectivity index (χ2n) is 6.65. The van der Waals surface area contributed by atoms with Crippen molar-refractivity contribution >= 4 is 11.6 Å². The quantitative estimate of drug-likeness (QED) is 0.910. The monoisotopic (exact) mass is 292 g/mol. The van der Waals surface area contributed by atoms with Crippen molar-refractivity contribution in [2.24, 2.45) is 5.92 Å². The summed E-state index contributed by atoms with van der Waals surface area (Å²) in [5.74, 6) is 0.908. The Morgan fingerprint density at radius 3 is 2.75 bits per heavy atom. The van der Waals surface area contributed by atoms with E-state index >= 15 is 0 Å². The van der Waals surface area contributed by atoms with Crippen LogP contribution in [0.3, 0.4) is 0 Å². The molecule has 0 bridgehead atoms. The van der Waals surface area contributed by atoms with Gasteiger partial charge in [-0.15, -0.1) is 0 Å². The first-order valence-corrected chi connectivity index (χ1v) is 8.22. The average molecular weight is 293 g/mol. The summed E-state index contributed by atoms with van der Waals surface area (Å²) in [5.41, 5.74) is 1.50. The maximum absolute atomic E-state index is 6.35. The normalized spacial score (nSPS) is 31.4. The SMILES string of the molecule is CCC1(C)CNC(C2CC2)CN1Cc1ccccc1Cl. The van der Waals surface area contributed by atoms with Gasteiger partial charge in [0.15, 0.2) is 0 Å². The first-order valence-electron chi connectivity index (χ1n) is 7.84. The second-order valence-corrected chi connectivity index (χ2v) is 7.05. The highest BCUT2D eigenvalue weighted by Gasteiger charge is 2.41. The van der Waals surface area contributed by atoms with Gasteiger partial charge in [-0.05, 0) is 43.7 Å². The minimum absolute atomic E-state index is 0.241. The molecule has 2 unspecified atom stereocenters. The van der Waals surface area contributed by atoms with Gasteiger partial charge in [0, 0.05) is 36.2 Å². The Hall–Kier alpha value is -0.570. The molecule has 0 radical (unpaired) electrons. The summed E-state index contributed by atoms with van der Waals surface area (Å²) in [7, 11) is 0. The predicted octanol–water partition coefficient (Wildman–Crippen LogP) is 3.69. The van der Waals surface area contributed by atoms with Crippen molar-refractivity contribution in [1.82, 2.24) is 10.2 Å². The first-order chi connectivity index (χ1) is 9.62. The Labute approximate surface area is 127 Å². The van der Waals surface area contributed by atoms with Gasteiger partial charge < -0.3 is 5.32 Å². The molecule has 2 atom stereocenters. The molecule has 0 spiro atoms. The topological polar surface area (TPSA) is 15.3 Å². The second kappa shape index (κ2) is 5.67. The smallest absolute Gasteiger partial charge is 0.0451 e. The molecular formula is C17H25ClN2. The number of hydrogen-bond acceptors (Lipinski definition) is 2. The van der Waals surface area contributed by atoms with E-state index in [1.807, 2.05) is 12.1 Å². The summed E-state index contributed by atoms with van der Waals surface area (Å²) in [6, 6.07) is 8.94. The van der Waals surface area contributed by atoms with Gasteiger partial charge in [0.25, 0.3) is 0 Å². The Bertz CT molecular complexity index is 472. The van der Waals surface area contributed by atoms with Gasteiger partial charge in [0.1, 0.15) is 0 Å². The molecule has 20 heavy (non-hydrogen) atoms. The van der Waals surface area contributed by atoms with E-state index in [9.17, 15) is 0 Å². The van der Waals surface area contributed by atoms with Gasteiger partial charge in [-0.1, -0.05) is 36.7 Å². The summed E-state index contributed by atoms with van der Waals surface area (Å²) in [6.07, 6.45) is 3.97. The Morgan fingerprint density at radius 2 is 2.10 bits per heavy atom. The molecule has 1 aliphatic carbocycles. The fourth-order valence-electron chi connectivity index (χ4n) is 3.24. The van der Waals surface area contributed by atoms with Gasteiger partial charge in [-0.25, -0.2) is 0 Å². The number of rotatable bonds is 4. The first kappa shape index (κ1) is 14.4. The van der Waals surface area contributed by atoms with Crippen LogP contribution >= 0.6 is 11.6 Å². The number of nitrogens with zero attached hydrogens (tertiary/aromatic N) is 1. The molecule has 3 rings (SSSR count).